The zero-order valence-electron chi connectivity index (χ0n) is 19.0. The number of nitrogens with zero attached hydrogens (tertiary/aromatic N) is 2. The number of fused-ring (bicyclic) bond motifs is 1. The lowest BCUT2D eigenvalue weighted by Crippen LogP contribution is -2.46. The van der Waals surface area contributed by atoms with Crippen LogP contribution in [-0.4, -0.2) is 54.3 Å². The Bertz CT molecular complexity index is 930. The number of hydrogen-bond donors (Lipinski definition) is 0. The Hall–Kier alpha value is -2.14. The number of hydrogen-bond acceptors (Lipinski definition) is 5. The summed E-state index contributed by atoms with van der Waals surface area (Å²) < 4.78 is 5.20. The Morgan fingerprint density at radius 3 is 2.35 bits per heavy atom. The van der Waals surface area contributed by atoms with Gasteiger partial charge in [0.15, 0.2) is 5.78 Å². The lowest BCUT2D eigenvalue weighted by Gasteiger charge is -2.48. The van der Waals surface area contributed by atoms with E-state index in [4.69, 9.17) is 4.74 Å². The Kier molecular flexibility index (Phi) is 5.41. The third kappa shape index (κ3) is 3.82. The van der Waals surface area contributed by atoms with E-state index in [9.17, 15) is 9.59 Å². The van der Waals surface area contributed by atoms with Gasteiger partial charge in [-0.2, -0.15) is 0 Å². The highest BCUT2D eigenvalue weighted by molar-refractivity contribution is 5.98. The number of likely N-dealkylation sites (tertiary alicyclic amines) is 2. The van der Waals surface area contributed by atoms with Crippen LogP contribution in [0.5, 0.6) is 0 Å². The molecule has 0 N–H and O–H groups in total. The highest BCUT2D eigenvalue weighted by atomic mass is 16.5. The van der Waals surface area contributed by atoms with Gasteiger partial charge in [-0.25, -0.2) is 4.79 Å². The largest absolute Gasteiger partial charge is 0.457 e. The molecule has 0 amide bonds. The molecule has 31 heavy (non-hydrogen) atoms. The van der Waals surface area contributed by atoms with Crippen molar-refractivity contribution in [2.75, 3.05) is 32.7 Å². The van der Waals surface area contributed by atoms with E-state index in [0.717, 1.165) is 49.2 Å². The average molecular weight is 423 g/mol. The maximum Gasteiger partial charge on any atom is 0.338 e. The summed E-state index contributed by atoms with van der Waals surface area (Å²) >= 11 is 0. The van der Waals surface area contributed by atoms with Crippen molar-refractivity contribution in [2.24, 2.45) is 5.41 Å². The molecule has 3 heterocycles. The number of benzene rings is 1. The Morgan fingerprint density at radius 1 is 0.968 bits per heavy atom. The number of esters is 1. The van der Waals surface area contributed by atoms with E-state index >= 15 is 0 Å². The summed E-state index contributed by atoms with van der Waals surface area (Å²) in [6.07, 6.45) is 7.83. The Balaban J connectivity index is 1.13. The molecule has 5 nitrogen and oxygen atoms in total. The monoisotopic (exact) mass is 422 g/mol. The zero-order chi connectivity index (χ0) is 21.6. The Labute approximate surface area is 185 Å². The fourth-order valence-corrected chi connectivity index (χ4v) is 6.11. The summed E-state index contributed by atoms with van der Waals surface area (Å²) in [5.41, 5.74) is 7.27. The highest BCUT2D eigenvalue weighted by Gasteiger charge is 2.38. The lowest BCUT2D eigenvalue weighted by molar-refractivity contribution is -0.114. The molecule has 1 spiro atoms. The smallest absolute Gasteiger partial charge is 0.338 e. The first-order valence-corrected chi connectivity index (χ1v) is 11.9. The first-order valence-electron chi connectivity index (χ1n) is 11.9. The number of piperidine rings is 2. The van der Waals surface area contributed by atoms with Crippen molar-refractivity contribution in [3.05, 3.63) is 45.7 Å². The van der Waals surface area contributed by atoms with Crippen LogP contribution in [0.4, 0.5) is 0 Å². The van der Waals surface area contributed by atoms with Gasteiger partial charge in [0, 0.05) is 42.9 Å². The predicted octanol–water partition coefficient (Wildman–Crippen LogP) is 4.02. The van der Waals surface area contributed by atoms with Crippen molar-refractivity contribution in [2.45, 2.75) is 65.4 Å². The van der Waals surface area contributed by atoms with Crippen LogP contribution in [0.1, 0.15) is 72.5 Å². The molecule has 1 aromatic rings. The van der Waals surface area contributed by atoms with Gasteiger partial charge in [-0.05, 0) is 88.1 Å². The van der Waals surface area contributed by atoms with E-state index in [0.29, 0.717) is 24.2 Å². The minimum absolute atomic E-state index is 0.178. The predicted molar refractivity (Wildman–Crippen MR) is 120 cm³/mol. The quantitative estimate of drug-likeness (QED) is 0.686. The minimum Gasteiger partial charge on any atom is -0.457 e. The van der Waals surface area contributed by atoms with Gasteiger partial charge >= 0.3 is 5.97 Å². The second-order valence-corrected chi connectivity index (χ2v) is 10.0. The molecule has 0 aromatic heterocycles. The van der Waals surface area contributed by atoms with Gasteiger partial charge in [-0.15, -0.1) is 0 Å². The number of rotatable bonds is 4. The lowest BCUT2D eigenvalue weighted by atomic mass is 9.71. The van der Waals surface area contributed by atoms with Crippen LogP contribution in [0.25, 0.3) is 0 Å². The number of cyclic esters (lactones) is 1. The van der Waals surface area contributed by atoms with Crippen LogP contribution in [0, 0.1) is 12.3 Å². The second kappa shape index (κ2) is 8.09. The van der Waals surface area contributed by atoms with Crippen molar-refractivity contribution in [3.63, 3.8) is 0 Å². The molecule has 0 unspecified atom stereocenters. The van der Waals surface area contributed by atoms with Crippen molar-refractivity contribution in [1.29, 1.82) is 0 Å². The van der Waals surface area contributed by atoms with Crippen molar-refractivity contribution >= 4 is 11.8 Å². The molecule has 0 bridgehead atoms. The fourth-order valence-electron chi connectivity index (χ4n) is 6.11. The van der Waals surface area contributed by atoms with Gasteiger partial charge in [-0.1, -0.05) is 6.07 Å². The molecule has 166 valence electrons. The standard InChI is InChI=1S/C26H34N2O3/c1-18-20(3-4-21-22(18)17-31-25(21)30)7-12-27-13-8-26(9-14-27)10-15-28(16-11-26)23-5-6-24(29)19(23)2/h3-4H,5-17H2,1-2H3. The Morgan fingerprint density at radius 2 is 1.68 bits per heavy atom. The normalized spacial score (nSPS) is 23.6. The van der Waals surface area contributed by atoms with Gasteiger partial charge in [-0.3, -0.25) is 4.79 Å². The summed E-state index contributed by atoms with van der Waals surface area (Å²) in [5, 5.41) is 0. The summed E-state index contributed by atoms with van der Waals surface area (Å²) in [4.78, 5) is 28.8. The van der Waals surface area contributed by atoms with E-state index in [-0.39, 0.29) is 5.97 Å². The molecule has 4 aliphatic rings. The number of carbonyl (C=O) groups is 2. The maximum atomic E-state index is 11.9. The topological polar surface area (TPSA) is 49.9 Å². The molecular formula is C26H34N2O3. The summed E-state index contributed by atoms with van der Waals surface area (Å²) in [6, 6.07) is 4.06. The minimum atomic E-state index is -0.178. The zero-order valence-corrected chi connectivity index (χ0v) is 19.0. The van der Waals surface area contributed by atoms with Crippen LogP contribution in [0.2, 0.25) is 0 Å². The van der Waals surface area contributed by atoms with Crippen molar-refractivity contribution in [3.8, 4) is 0 Å². The third-order valence-corrected chi connectivity index (χ3v) is 8.54. The van der Waals surface area contributed by atoms with E-state index in [1.165, 1.54) is 55.6 Å². The molecule has 0 radical (unpaired) electrons. The van der Waals surface area contributed by atoms with E-state index < -0.39 is 0 Å². The summed E-state index contributed by atoms with van der Waals surface area (Å²) in [6.45, 7) is 10.3. The van der Waals surface area contributed by atoms with Crippen LogP contribution in [0.3, 0.4) is 0 Å². The van der Waals surface area contributed by atoms with E-state index in [1.54, 1.807) is 0 Å². The highest BCUT2D eigenvalue weighted by Crippen LogP contribution is 2.43. The molecule has 0 saturated carbocycles. The molecule has 2 fully saturated rings. The number of ketones is 1. The van der Waals surface area contributed by atoms with Crippen LogP contribution in [0.15, 0.2) is 23.4 Å². The van der Waals surface area contributed by atoms with E-state index in [2.05, 4.69) is 22.8 Å². The van der Waals surface area contributed by atoms with Gasteiger partial charge < -0.3 is 14.5 Å². The first-order chi connectivity index (χ1) is 15.0. The van der Waals surface area contributed by atoms with Gasteiger partial charge in [0.2, 0.25) is 0 Å². The molecule has 1 aromatic carbocycles. The molecule has 5 heteroatoms. The SMILES string of the molecule is CC1=C(N2CCC3(CCN(CCc4ccc5c(c4C)COC5=O)CC3)CC2)CCC1=O. The van der Waals surface area contributed by atoms with Gasteiger partial charge in [0.1, 0.15) is 6.61 Å². The van der Waals surface area contributed by atoms with Crippen molar-refractivity contribution in [1.82, 2.24) is 9.80 Å². The molecule has 0 atom stereocenters. The van der Waals surface area contributed by atoms with Gasteiger partial charge in [0.05, 0.1) is 5.56 Å². The second-order valence-electron chi connectivity index (χ2n) is 10.0. The van der Waals surface area contributed by atoms with Gasteiger partial charge in [0.25, 0.3) is 0 Å². The molecule has 3 aliphatic heterocycles. The molecule has 1 aliphatic carbocycles. The van der Waals surface area contributed by atoms with Crippen LogP contribution < -0.4 is 0 Å². The number of allylic oxidation sites excluding steroid dienone is 2. The fraction of sp³-hybridized carbons (Fsp3) is 0.615. The maximum absolute atomic E-state index is 11.9. The van der Waals surface area contributed by atoms with E-state index in [1.807, 2.05) is 13.0 Å². The molecule has 5 rings (SSSR count). The molecular weight excluding hydrogens is 388 g/mol. The third-order valence-electron chi connectivity index (χ3n) is 8.54. The van der Waals surface area contributed by atoms with Crippen LogP contribution >= 0.6 is 0 Å². The summed E-state index contributed by atoms with van der Waals surface area (Å²) in [5.74, 6) is 0.171. The number of carbonyl (C=O) groups excluding carboxylic acids is 2. The molecule has 2 saturated heterocycles. The number of ether oxygens (including phenoxy) is 1. The van der Waals surface area contributed by atoms with Crippen molar-refractivity contribution < 1.29 is 14.3 Å². The van der Waals surface area contributed by atoms with Crippen LogP contribution in [-0.2, 0) is 22.6 Å². The number of Topliss-reactive ketones (excluding diaryl/α,β-unsaturated/α-hetero) is 1. The average Bonchev–Trinajstić information content (AvgIpc) is 3.32. The first kappa shape index (κ1) is 20.7. The summed E-state index contributed by atoms with van der Waals surface area (Å²) in [7, 11) is 0.